The van der Waals surface area contributed by atoms with E-state index in [1.54, 1.807) is 0 Å². The first-order chi connectivity index (χ1) is 10.8. The van der Waals surface area contributed by atoms with Gasteiger partial charge in [0, 0.05) is 12.5 Å². The largest absolute Gasteiger partial charge is 0.480 e. The van der Waals surface area contributed by atoms with Crippen LogP contribution in [0.15, 0.2) is 23.4 Å². The third-order valence-corrected chi connectivity index (χ3v) is 3.71. The third kappa shape index (κ3) is 3.95. The highest BCUT2D eigenvalue weighted by Gasteiger charge is 2.39. The maximum Gasteiger partial charge on any atom is 0.373 e. The molecular weight excluding hydrogens is 308 g/mol. The molecule has 0 aromatic heterocycles. The zero-order chi connectivity index (χ0) is 17.1. The van der Waals surface area contributed by atoms with E-state index in [0.717, 1.165) is 0 Å². The summed E-state index contributed by atoms with van der Waals surface area (Å²) >= 11 is 0. The number of allylic oxidation sites excluding steroid dienone is 2. The van der Waals surface area contributed by atoms with E-state index in [9.17, 15) is 19.5 Å². The third-order valence-electron chi connectivity index (χ3n) is 3.71. The topological polar surface area (TPSA) is 147 Å². The minimum atomic E-state index is -1.28. The van der Waals surface area contributed by atoms with Gasteiger partial charge in [-0.15, -0.1) is 0 Å². The van der Waals surface area contributed by atoms with Crippen molar-refractivity contribution in [3.63, 3.8) is 0 Å². The summed E-state index contributed by atoms with van der Waals surface area (Å²) in [4.78, 5) is 33.2. The summed E-state index contributed by atoms with van der Waals surface area (Å²) in [5.41, 5.74) is 0.207. The summed E-state index contributed by atoms with van der Waals surface area (Å²) in [7, 11) is 0. The molecule has 2 heterocycles. The van der Waals surface area contributed by atoms with Crippen LogP contribution in [0.5, 0.6) is 0 Å². The Morgan fingerprint density at radius 1 is 1.22 bits per heavy atom. The number of carbonyl (C=O) groups is 3. The lowest BCUT2D eigenvalue weighted by Crippen LogP contribution is -2.41. The van der Waals surface area contributed by atoms with Crippen molar-refractivity contribution < 1.29 is 39.4 Å². The second kappa shape index (κ2) is 6.61. The molecule has 5 N–H and O–H groups in total. The molecule has 0 saturated carbocycles. The number of carboxylic acids is 3. The van der Waals surface area contributed by atoms with E-state index in [0.29, 0.717) is 5.57 Å². The van der Waals surface area contributed by atoms with Gasteiger partial charge in [-0.1, -0.05) is 0 Å². The molecule has 0 aliphatic carbocycles. The molecule has 0 amide bonds. The van der Waals surface area contributed by atoms with Gasteiger partial charge in [-0.3, -0.25) is 0 Å². The average molecular weight is 325 g/mol. The van der Waals surface area contributed by atoms with E-state index in [4.69, 9.17) is 15.3 Å². The number of aliphatic hydroxyl groups excluding tert-OH is 1. The number of carboxylic acid groups (broad SMARTS) is 3. The van der Waals surface area contributed by atoms with Crippen LogP contribution in [0.4, 0.5) is 0 Å². The van der Waals surface area contributed by atoms with Crippen LogP contribution in [0, 0.1) is 0 Å². The number of hydrogen-bond donors (Lipinski definition) is 5. The van der Waals surface area contributed by atoms with Gasteiger partial charge in [0.1, 0.15) is 17.8 Å². The molecule has 2 rings (SSSR count). The van der Waals surface area contributed by atoms with Gasteiger partial charge in [0.15, 0.2) is 12.8 Å². The fourth-order valence-electron chi connectivity index (χ4n) is 2.59. The Bertz CT molecular complexity index is 635. The van der Waals surface area contributed by atoms with Gasteiger partial charge < -0.3 is 25.7 Å². The van der Waals surface area contributed by atoms with Crippen LogP contribution in [0.1, 0.15) is 12.8 Å². The lowest BCUT2D eigenvalue weighted by atomic mass is 10.00. The highest BCUT2D eigenvalue weighted by atomic mass is 16.4. The predicted octanol–water partition coefficient (Wildman–Crippen LogP) is -1.37. The van der Waals surface area contributed by atoms with Crippen LogP contribution in [-0.2, 0) is 14.4 Å². The fourth-order valence-corrected chi connectivity index (χ4v) is 2.59. The first kappa shape index (κ1) is 16.7. The first-order valence-electron chi connectivity index (χ1n) is 6.93. The molecule has 9 heteroatoms. The molecular formula is C14H17N2O7+. The molecule has 3 atom stereocenters. The Labute approximate surface area is 130 Å². The minimum Gasteiger partial charge on any atom is -0.480 e. The summed E-state index contributed by atoms with van der Waals surface area (Å²) in [6.45, 7) is 0.150. The zero-order valence-corrected chi connectivity index (χ0v) is 12.0. The molecule has 1 fully saturated rings. The highest BCUT2D eigenvalue weighted by molar-refractivity contribution is 5.89. The molecule has 0 aromatic rings. The molecule has 0 unspecified atom stereocenters. The van der Waals surface area contributed by atoms with Gasteiger partial charge in [0.25, 0.3) is 6.04 Å². The summed E-state index contributed by atoms with van der Waals surface area (Å²) in [6.07, 6.45) is 3.65. The van der Waals surface area contributed by atoms with Crippen molar-refractivity contribution in [3.05, 3.63) is 23.4 Å². The number of aliphatic hydroxyl groups is 1. The van der Waals surface area contributed by atoms with Gasteiger partial charge in [0.2, 0.25) is 0 Å². The standard InChI is InChI=1S/C14H16N2O7/c17-8-5-11(14(22)23)16(6-8)2-1-7-3-9(12(18)19)15-10(4-7)13(20)21/h1-3,8,10-11,17H,4-6H2,(H3,18,19,20,21,22,23)/p+1/t8-,10+,11+/m1/s1. The van der Waals surface area contributed by atoms with Gasteiger partial charge in [-0.2, -0.15) is 0 Å². The molecule has 0 bridgehead atoms. The van der Waals surface area contributed by atoms with Crippen LogP contribution in [0.2, 0.25) is 0 Å². The summed E-state index contributed by atoms with van der Waals surface area (Å²) in [5.74, 6) is -3.52. The van der Waals surface area contributed by atoms with E-state index >= 15 is 0 Å². The van der Waals surface area contributed by atoms with Crippen molar-refractivity contribution in [2.75, 3.05) is 6.54 Å². The maximum absolute atomic E-state index is 11.1. The van der Waals surface area contributed by atoms with E-state index < -0.39 is 36.1 Å². The number of rotatable bonds is 4. The number of nitrogens with one attached hydrogen (secondary N) is 1. The van der Waals surface area contributed by atoms with E-state index in [-0.39, 0.29) is 25.1 Å². The molecule has 9 nitrogen and oxygen atoms in total. The van der Waals surface area contributed by atoms with Crippen LogP contribution in [0.25, 0.3) is 0 Å². The second-order valence-corrected chi connectivity index (χ2v) is 5.43. The van der Waals surface area contributed by atoms with Crippen molar-refractivity contribution in [1.29, 1.82) is 0 Å². The van der Waals surface area contributed by atoms with E-state index in [1.165, 1.54) is 22.9 Å². The molecule has 124 valence electrons. The van der Waals surface area contributed by atoms with Gasteiger partial charge in [-0.25, -0.2) is 19.0 Å². The van der Waals surface area contributed by atoms with Crippen molar-refractivity contribution in [2.24, 2.45) is 0 Å². The molecule has 1 saturated heterocycles. The Hall–Kier alpha value is -2.68. The predicted molar refractivity (Wildman–Crippen MR) is 76.2 cm³/mol. The molecule has 0 aromatic carbocycles. The van der Waals surface area contributed by atoms with E-state index in [1.807, 2.05) is 0 Å². The van der Waals surface area contributed by atoms with Crippen molar-refractivity contribution in [2.45, 2.75) is 31.0 Å². The normalized spacial score (nSPS) is 30.8. The monoisotopic (exact) mass is 325 g/mol. The summed E-state index contributed by atoms with van der Waals surface area (Å²) in [5, 5.41) is 39.1. The lowest BCUT2D eigenvalue weighted by Gasteiger charge is -2.21. The molecule has 2 aliphatic heterocycles. The Kier molecular flexibility index (Phi) is 4.80. The smallest absolute Gasteiger partial charge is 0.373 e. The zero-order valence-electron chi connectivity index (χ0n) is 12.0. The quantitative estimate of drug-likeness (QED) is 0.398. The Morgan fingerprint density at radius 3 is 2.48 bits per heavy atom. The average Bonchev–Trinajstić information content (AvgIpc) is 2.86. The number of nitrogens with zero attached hydrogens (tertiary/aromatic N) is 1. The fraction of sp³-hybridized carbons (Fsp3) is 0.429. The maximum atomic E-state index is 11.1. The van der Waals surface area contributed by atoms with Crippen LogP contribution in [-0.4, -0.2) is 73.9 Å². The Balaban J connectivity index is 2.27. The highest BCUT2D eigenvalue weighted by Crippen LogP contribution is 2.17. The molecule has 0 spiro atoms. The first-order valence-corrected chi connectivity index (χ1v) is 6.93. The van der Waals surface area contributed by atoms with Gasteiger partial charge >= 0.3 is 17.9 Å². The van der Waals surface area contributed by atoms with Crippen molar-refractivity contribution in [1.82, 2.24) is 5.32 Å². The van der Waals surface area contributed by atoms with Crippen LogP contribution < -0.4 is 5.32 Å². The number of hydrogen-bond acceptors (Lipinski definition) is 5. The number of aliphatic carboxylic acids is 3. The molecule has 0 radical (unpaired) electrons. The molecule has 23 heavy (non-hydrogen) atoms. The SMILES string of the molecule is O=C(O)C1=C/C(=C/C=[N+]2C[C@H](O)C[C@H]2C(=O)O)C[C@@H](C(=O)O)N1. The van der Waals surface area contributed by atoms with Crippen LogP contribution >= 0.6 is 0 Å². The number of β-amino-alcohol motifs (C(OH)–C–C–N with tert-alkyl or cyclic N) is 1. The van der Waals surface area contributed by atoms with E-state index in [2.05, 4.69) is 5.32 Å². The second-order valence-electron chi connectivity index (χ2n) is 5.43. The van der Waals surface area contributed by atoms with Gasteiger partial charge in [0.05, 0.1) is 6.42 Å². The lowest BCUT2D eigenvalue weighted by molar-refractivity contribution is -0.530. The minimum absolute atomic E-state index is 0.0662. The van der Waals surface area contributed by atoms with Crippen molar-refractivity contribution in [3.8, 4) is 0 Å². The van der Waals surface area contributed by atoms with Crippen molar-refractivity contribution >= 4 is 24.1 Å². The van der Waals surface area contributed by atoms with Gasteiger partial charge in [-0.05, 0) is 11.6 Å². The summed E-state index contributed by atoms with van der Waals surface area (Å²) < 4.78 is 1.44. The van der Waals surface area contributed by atoms with Crippen LogP contribution in [0.3, 0.4) is 0 Å². The Morgan fingerprint density at radius 2 is 1.91 bits per heavy atom. The molecule has 2 aliphatic rings. The summed E-state index contributed by atoms with van der Waals surface area (Å²) in [6, 6.07) is -1.92.